The number of nitrogens with zero attached hydrogens (tertiary/aromatic N) is 6. The number of rotatable bonds is 10. The second kappa shape index (κ2) is 13.7. The number of fused-ring (bicyclic) bond motifs is 1. The van der Waals surface area contributed by atoms with Gasteiger partial charge in [0.2, 0.25) is 0 Å². The number of benzene rings is 3. The third-order valence-electron chi connectivity index (χ3n) is 9.12. The summed E-state index contributed by atoms with van der Waals surface area (Å²) in [6, 6.07) is 21.1. The minimum atomic E-state index is -4.00. The molecule has 7 rings (SSSR count). The van der Waals surface area contributed by atoms with E-state index in [1.807, 2.05) is 44.3 Å². The van der Waals surface area contributed by atoms with E-state index in [2.05, 4.69) is 21.0 Å². The van der Waals surface area contributed by atoms with Gasteiger partial charge in [-0.1, -0.05) is 29.8 Å². The number of aromatic nitrogens is 4. The van der Waals surface area contributed by atoms with E-state index >= 15 is 0 Å². The number of β-amino-alcohol motifs (C(OH)–C–C–N with tert-alkyl or cyclic N) is 1. The number of pyridine rings is 1. The molecule has 258 valence electrons. The molecule has 3 aromatic carbocycles. The minimum absolute atomic E-state index is 0.156. The molecule has 6 aromatic rings. The molecule has 50 heavy (non-hydrogen) atoms. The van der Waals surface area contributed by atoms with Crippen LogP contribution in [0.15, 0.2) is 102 Å². The molecule has 0 unspecified atom stereocenters. The van der Waals surface area contributed by atoms with Crippen molar-refractivity contribution in [2.45, 2.75) is 31.4 Å². The van der Waals surface area contributed by atoms with Gasteiger partial charge >= 0.3 is 0 Å². The lowest BCUT2D eigenvalue weighted by molar-refractivity contribution is 0.122. The van der Waals surface area contributed by atoms with Crippen molar-refractivity contribution in [3.63, 3.8) is 0 Å². The first-order chi connectivity index (χ1) is 24.1. The first kappa shape index (κ1) is 33.5. The number of aliphatic hydroxyl groups is 1. The van der Waals surface area contributed by atoms with Crippen molar-refractivity contribution < 1.29 is 22.7 Å². The second-order valence-corrected chi connectivity index (χ2v) is 14.6. The van der Waals surface area contributed by atoms with Gasteiger partial charge < -0.3 is 14.7 Å². The topological polar surface area (TPSA) is 106 Å². The lowest BCUT2D eigenvalue weighted by Gasteiger charge is -2.36. The third kappa shape index (κ3) is 6.74. The third-order valence-corrected chi connectivity index (χ3v) is 10.8. The number of piperazine rings is 1. The van der Waals surface area contributed by atoms with Crippen LogP contribution in [-0.2, 0) is 16.6 Å². The fraction of sp³-hybridized carbons (Fsp3) is 0.263. The highest BCUT2D eigenvalue weighted by Crippen LogP contribution is 2.38. The highest BCUT2D eigenvalue weighted by molar-refractivity contribution is 7.90. The molecule has 1 saturated heterocycles. The van der Waals surface area contributed by atoms with Crippen LogP contribution in [0.2, 0.25) is 0 Å². The molecule has 10 nitrogen and oxygen atoms in total. The van der Waals surface area contributed by atoms with E-state index < -0.39 is 10.0 Å². The summed E-state index contributed by atoms with van der Waals surface area (Å²) in [5, 5.41) is 14.9. The van der Waals surface area contributed by atoms with Crippen molar-refractivity contribution >= 4 is 26.7 Å². The molecule has 0 amide bonds. The zero-order valence-electron chi connectivity index (χ0n) is 28.2. The maximum atomic E-state index is 14.0. The van der Waals surface area contributed by atoms with E-state index in [4.69, 9.17) is 9.72 Å². The number of hydrogen-bond acceptors (Lipinski definition) is 8. The molecule has 1 atom stereocenters. The van der Waals surface area contributed by atoms with Crippen molar-refractivity contribution in [1.29, 1.82) is 0 Å². The summed E-state index contributed by atoms with van der Waals surface area (Å²) in [5.74, 6) is 0.350. The van der Waals surface area contributed by atoms with Gasteiger partial charge in [-0.3, -0.25) is 9.58 Å². The van der Waals surface area contributed by atoms with Crippen molar-refractivity contribution in [2.24, 2.45) is 0 Å². The summed E-state index contributed by atoms with van der Waals surface area (Å²) in [7, 11) is -2.36. The molecule has 1 aliphatic heterocycles. The van der Waals surface area contributed by atoms with Crippen molar-refractivity contribution in [1.82, 2.24) is 23.6 Å². The van der Waals surface area contributed by atoms with Gasteiger partial charge in [0, 0.05) is 90.7 Å². The SMILES string of the molecule is COc1cc(N2CCN(C[C@H](C)O)CC2)ccc1-c1cnc2c(c1)c(-c1cnn(Cc3cccc(F)c3)c1)cn2S(=O)(=O)c1ccc(C)cc1. The summed E-state index contributed by atoms with van der Waals surface area (Å²) in [6.07, 6.45) is 6.42. The van der Waals surface area contributed by atoms with Crippen molar-refractivity contribution in [2.75, 3.05) is 44.7 Å². The Morgan fingerprint density at radius 3 is 2.42 bits per heavy atom. The molecule has 0 bridgehead atoms. The zero-order chi connectivity index (χ0) is 35.0. The van der Waals surface area contributed by atoms with Gasteiger partial charge in [-0.25, -0.2) is 21.8 Å². The number of aryl methyl sites for hydroxylation is 1. The fourth-order valence-electron chi connectivity index (χ4n) is 6.55. The highest BCUT2D eigenvalue weighted by atomic mass is 32.2. The highest BCUT2D eigenvalue weighted by Gasteiger charge is 2.25. The number of methoxy groups -OCH3 is 1. The Labute approximate surface area is 291 Å². The summed E-state index contributed by atoms with van der Waals surface area (Å²) in [5.41, 5.74) is 5.95. The monoisotopic (exact) mass is 694 g/mol. The molecular weight excluding hydrogens is 656 g/mol. The van der Waals surface area contributed by atoms with Gasteiger partial charge in [-0.05, 0) is 61.9 Å². The normalized spacial score (nSPS) is 14.7. The Balaban J connectivity index is 1.28. The summed E-state index contributed by atoms with van der Waals surface area (Å²) in [6.45, 7) is 8.12. The van der Waals surface area contributed by atoms with E-state index in [0.717, 1.165) is 54.1 Å². The quantitative estimate of drug-likeness (QED) is 0.192. The number of hydrogen-bond donors (Lipinski definition) is 1. The van der Waals surface area contributed by atoms with E-state index in [9.17, 15) is 17.9 Å². The Morgan fingerprint density at radius 2 is 1.70 bits per heavy atom. The van der Waals surface area contributed by atoms with Gasteiger partial charge in [0.15, 0.2) is 5.65 Å². The van der Waals surface area contributed by atoms with Gasteiger partial charge in [-0.15, -0.1) is 0 Å². The summed E-state index contributed by atoms with van der Waals surface area (Å²) < 4.78 is 50.7. The van der Waals surface area contributed by atoms with E-state index in [1.54, 1.807) is 60.7 Å². The van der Waals surface area contributed by atoms with Crippen LogP contribution >= 0.6 is 0 Å². The Kier molecular flexibility index (Phi) is 9.17. The van der Waals surface area contributed by atoms with Gasteiger partial charge in [0.25, 0.3) is 10.0 Å². The molecule has 1 N–H and O–H groups in total. The molecule has 12 heteroatoms. The minimum Gasteiger partial charge on any atom is -0.496 e. The van der Waals surface area contributed by atoms with Crippen LogP contribution in [0.3, 0.4) is 0 Å². The van der Waals surface area contributed by atoms with Crippen molar-refractivity contribution in [3.05, 3.63) is 115 Å². The Hall–Kier alpha value is -5.04. The van der Waals surface area contributed by atoms with Crippen LogP contribution in [0.5, 0.6) is 5.75 Å². The average molecular weight is 695 g/mol. The lowest BCUT2D eigenvalue weighted by Crippen LogP contribution is -2.48. The van der Waals surface area contributed by atoms with E-state index in [1.165, 1.54) is 16.1 Å². The van der Waals surface area contributed by atoms with Crippen LogP contribution in [0.1, 0.15) is 18.1 Å². The average Bonchev–Trinajstić information content (AvgIpc) is 3.73. The molecule has 0 saturated carbocycles. The van der Waals surface area contributed by atoms with Crippen LogP contribution in [0.25, 0.3) is 33.3 Å². The smallest absolute Gasteiger partial charge is 0.269 e. The van der Waals surface area contributed by atoms with E-state index in [-0.39, 0.29) is 22.5 Å². The lowest BCUT2D eigenvalue weighted by atomic mass is 10.0. The van der Waals surface area contributed by atoms with Crippen LogP contribution in [0.4, 0.5) is 10.1 Å². The van der Waals surface area contributed by atoms with Gasteiger partial charge in [0.1, 0.15) is 11.6 Å². The van der Waals surface area contributed by atoms with Crippen LogP contribution in [0, 0.1) is 12.7 Å². The number of aliphatic hydroxyl groups excluding tert-OH is 1. The fourth-order valence-corrected chi connectivity index (χ4v) is 7.88. The summed E-state index contributed by atoms with van der Waals surface area (Å²) >= 11 is 0. The molecular formula is C38H39FN6O4S. The van der Waals surface area contributed by atoms with Crippen LogP contribution in [-0.4, -0.2) is 83.1 Å². The summed E-state index contributed by atoms with van der Waals surface area (Å²) in [4.78, 5) is 9.47. The zero-order valence-corrected chi connectivity index (χ0v) is 29.0. The Morgan fingerprint density at radius 1 is 0.920 bits per heavy atom. The van der Waals surface area contributed by atoms with Crippen molar-refractivity contribution in [3.8, 4) is 28.0 Å². The molecule has 0 aliphatic carbocycles. The maximum Gasteiger partial charge on any atom is 0.269 e. The first-order valence-corrected chi connectivity index (χ1v) is 18.0. The molecule has 0 radical (unpaired) electrons. The molecule has 0 spiro atoms. The molecule has 4 heterocycles. The number of halogens is 1. The number of anilines is 1. The molecule has 1 fully saturated rings. The standard InChI is InChI=1S/C38H39FN6O4S/c1-26-7-10-33(11-8-26)50(47,48)45-25-36(30-21-41-44(24-30)23-28-5-4-6-31(39)17-28)35-18-29(20-40-38(35)45)34-12-9-32(19-37(34)49-3)43-15-13-42(14-16-43)22-27(2)46/h4-12,17-21,24-25,27,46H,13-16,22-23H2,1-3H3/t27-/m0/s1. The second-order valence-electron chi connectivity index (χ2n) is 12.8. The number of ether oxygens (including phenoxy) is 1. The molecule has 1 aliphatic rings. The Bertz CT molecular complexity index is 2260. The van der Waals surface area contributed by atoms with Gasteiger partial charge in [-0.2, -0.15) is 5.10 Å². The van der Waals surface area contributed by atoms with E-state index in [0.29, 0.717) is 35.4 Å². The predicted molar refractivity (Wildman–Crippen MR) is 193 cm³/mol. The maximum absolute atomic E-state index is 14.0. The van der Waals surface area contributed by atoms with Gasteiger partial charge in [0.05, 0.1) is 30.9 Å². The van der Waals surface area contributed by atoms with Crippen LogP contribution < -0.4 is 9.64 Å². The first-order valence-electron chi connectivity index (χ1n) is 16.5. The largest absolute Gasteiger partial charge is 0.496 e. The molecule has 3 aromatic heterocycles. The predicted octanol–water partition coefficient (Wildman–Crippen LogP) is 5.81.